The molecular weight excluding hydrogens is 290 g/mol. The van der Waals surface area contributed by atoms with E-state index in [9.17, 15) is 4.79 Å². The van der Waals surface area contributed by atoms with E-state index in [-0.39, 0.29) is 5.92 Å². The number of fused-ring (bicyclic) bond motifs is 1. The molecule has 4 heteroatoms. The summed E-state index contributed by atoms with van der Waals surface area (Å²) >= 11 is 0. The highest BCUT2D eigenvalue weighted by Crippen LogP contribution is 2.32. The average Bonchev–Trinajstić information content (AvgIpc) is 2.48. The number of benzene rings is 1. The molecule has 1 aliphatic carbocycles. The van der Waals surface area contributed by atoms with Gasteiger partial charge in [-0.25, -0.2) is 0 Å². The first-order valence-corrected chi connectivity index (χ1v) is 8.48. The molecule has 0 radical (unpaired) electrons. The summed E-state index contributed by atoms with van der Waals surface area (Å²) in [6.07, 6.45) is 4.33. The number of aliphatic carboxylic acids is 1. The summed E-state index contributed by atoms with van der Waals surface area (Å²) in [5.41, 5.74) is 4.03. The second-order valence-electron chi connectivity index (χ2n) is 6.76. The minimum absolute atomic E-state index is 0.181. The van der Waals surface area contributed by atoms with E-state index in [1.54, 1.807) is 0 Å². The summed E-state index contributed by atoms with van der Waals surface area (Å²) < 4.78 is 5.72. The maximum atomic E-state index is 10.9. The van der Waals surface area contributed by atoms with Crippen molar-refractivity contribution in [3.05, 3.63) is 34.9 Å². The monoisotopic (exact) mass is 315 g/mol. The quantitative estimate of drug-likeness (QED) is 0.876. The summed E-state index contributed by atoms with van der Waals surface area (Å²) in [5, 5.41) is 8.97. The van der Waals surface area contributed by atoms with Crippen molar-refractivity contribution in [1.82, 2.24) is 4.90 Å². The lowest BCUT2D eigenvalue weighted by atomic mass is 9.83. The van der Waals surface area contributed by atoms with Gasteiger partial charge in [0.15, 0.2) is 0 Å². The molecule has 1 saturated heterocycles. The van der Waals surface area contributed by atoms with Gasteiger partial charge in [-0.2, -0.15) is 0 Å². The van der Waals surface area contributed by atoms with Crippen molar-refractivity contribution in [2.75, 3.05) is 26.2 Å². The molecule has 0 bridgehead atoms. The zero-order chi connectivity index (χ0) is 16.4. The molecule has 1 N–H and O–H groups in total. The SMILES string of the molecule is CCCOc1ccc2c(c1)C[C@H](C)C(CN1CC(C(=O)O)C1)=C2. The van der Waals surface area contributed by atoms with Crippen LogP contribution in [-0.2, 0) is 11.2 Å². The van der Waals surface area contributed by atoms with E-state index in [1.165, 1.54) is 16.7 Å². The zero-order valence-corrected chi connectivity index (χ0v) is 13.9. The fourth-order valence-electron chi connectivity index (χ4n) is 3.33. The molecule has 0 spiro atoms. The number of rotatable bonds is 6. The van der Waals surface area contributed by atoms with Crippen LogP contribution in [0.15, 0.2) is 23.8 Å². The highest BCUT2D eigenvalue weighted by Gasteiger charge is 2.33. The van der Waals surface area contributed by atoms with Crippen LogP contribution >= 0.6 is 0 Å². The van der Waals surface area contributed by atoms with Crippen molar-refractivity contribution in [2.24, 2.45) is 11.8 Å². The normalized spacial score (nSPS) is 21.3. The average molecular weight is 315 g/mol. The smallest absolute Gasteiger partial charge is 0.309 e. The second-order valence-corrected chi connectivity index (χ2v) is 6.76. The Kier molecular flexibility index (Phi) is 4.71. The number of likely N-dealkylation sites (tertiary alicyclic amines) is 1. The van der Waals surface area contributed by atoms with Crippen LogP contribution in [-0.4, -0.2) is 42.2 Å². The minimum Gasteiger partial charge on any atom is -0.494 e. The number of hydrogen-bond donors (Lipinski definition) is 1. The predicted octanol–water partition coefficient (Wildman–Crippen LogP) is 3.07. The Balaban J connectivity index is 1.67. The standard InChI is InChI=1S/C19H25NO3/c1-3-6-23-18-5-4-14-8-16(13(2)7-15(14)9-18)10-20-11-17(12-20)19(21)22/h4-5,8-9,13,17H,3,6-7,10-12H2,1-2H3,(H,21,22)/t13-/m0/s1. The number of carbonyl (C=O) groups is 1. The Morgan fingerprint density at radius 1 is 1.39 bits per heavy atom. The van der Waals surface area contributed by atoms with E-state index >= 15 is 0 Å². The molecule has 124 valence electrons. The van der Waals surface area contributed by atoms with Crippen molar-refractivity contribution in [1.29, 1.82) is 0 Å². The fourth-order valence-corrected chi connectivity index (χ4v) is 3.33. The van der Waals surface area contributed by atoms with E-state index < -0.39 is 5.97 Å². The van der Waals surface area contributed by atoms with Crippen molar-refractivity contribution in [3.8, 4) is 5.75 Å². The van der Waals surface area contributed by atoms with Crippen LogP contribution in [0.3, 0.4) is 0 Å². The molecule has 1 aromatic rings. The van der Waals surface area contributed by atoms with Gasteiger partial charge in [0.05, 0.1) is 12.5 Å². The van der Waals surface area contributed by atoms with Gasteiger partial charge < -0.3 is 9.84 Å². The van der Waals surface area contributed by atoms with E-state index in [0.717, 1.165) is 31.7 Å². The largest absolute Gasteiger partial charge is 0.494 e. The van der Waals surface area contributed by atoms with E-state index in [0.29, 0.717) is 19.0 Å². The topological polar surface area (TPSA) is 49.8 Å². The molecule has 2 aliphatic rings. The highest BCUT2D eigenvalue weighted by molar-refractivity contribution is 5.71. The Morgan fingerprint density at radius 3 is 2.87 bits per heavy atom. The molecule has 1 aromatic carbocycles. The molecule has 0 unspecified atom stereocenters. The molecule has 23 heavy (non-hydrogen) atoms. The summed E-state index contributed by atoms with van der Waals surface area (Å²) in [6.45, 7) is 7.36. The summed E-state index contributed by atoms with van der Waals surface area (Å²) in [5.74, 6) is 0.603. The minimum atomic E-state index is -0.670. The molecule has 0 amide bonds. The van der Waals surface area contributed by atoms with Crippen LogP contribution in [0.4, 0.5) is 0 Å². The number of hydrogen-bond acceptors (Lipinski definition) is 3. The highest BCUT2D eigenvalue weighted by atomic mass is 16.5. The first-order chi connectivity index (χ1) is 11.1. The van der Waals surface area contributed by atoms with E-state index in [4.69, 9.17) is 9.84 Å². The lowest BCUT2D eigenvalue weighted by molar-refractivity contribution is -0.147. The number of carboxylic acid groups (broad SMARTS) is 1. The van der Waals surface area contributed by atoms with Crippen molar-refractivity contribution >= 4 is 12.0 Å². The number of carboxylic acids is 1. The van der Waals surface area contributed by atoms with Gasteiger partial charge in [-0.05, 0) is 42.0 Å². The molecular formula is C19H25NO3. The molecule has 0 aromatic heterocycles. The lowest BCUT2D eigenvalue weighted by Gasteiger charge is -2.38. The van der Waals surface area contributed by atoms with E-state index in [2.05, 4.69) is 37.0 Å². The van der Waals surface area contributed by atoms with Crippen LogP contribution in [0, 0.1) is 11.8 Å². The molecule has 4 nitrogen and oxygen atoms in total. The first kappa shape index (κ1) is 16.1. The van der Waals surface area contributed by atoms with Gasteiger partial charge in [0.2, 0.25) is 0 Å². The molecule has 0 saturated carbocycles. The maximum Gasteiger partial charge on any atom is 0.309 e. The lowest BCUT2D eigenvalue weighted by Crippen LogP contribution is -2.51. The first-order valence-electron chi connectivity index (χ1n) is 8.48. The van der Waals surface area contributed by atoms with Crippen LogP contribution in [0.2, 0.25) is 0 Å². The van der Waals surface area contributed by atoms with Crippen molar-refractivity contribution in [3.63, 3.8) is 0 Å². The van der Waals surface area contributed by atoms with E-state index in [1.807, 2.05) is 6.07 Å². The predicted molar refractivity (Wildman–Crippen MR) is 90.6 cm³/mol. The van der Waals surface area contributed by atoms with Gasteiger partial charge in [-0.15, -0.1) is 0 Å². The Hall–Kier alpha value is -1.81. The molecule has 1 heterocycles. The van der Waals surface area contributed by atoms with Gasteiger partial charge in [0.25, 0.3) is 0 Å². The van der Waals surface area contributed by atoms with Gasteiger partial charge in [0, 0.05) is 19.6 Å². The Labute approximate surface area is 137 Å². The molecule has 1 atom stereocenters. The van der Waals surface area contributed by atoms with Crippen LogP contribution in [0.25, 0.3) is 6.08 Å². The van der Waals surface area contributed by atoms with Crippen molar-refractivity contribution in [2.45, 2.75) is 26.7 Å². The summed E-state index contributed by atoms with van der Waals surface area (Å²) in [4.78, 5) is 13.1. The number of ether oxygens (including phenoxy) is 1. The van der Waals surface area contributed by atoms with Gasteiger partial charge in [-0.3, -0.25) is 9.69 Å². The van der Waals surface area contributed by atoms with Crippen LogP contribution < -0.4 is 4.74 Å². The summed E-state index contributed by atoms with van der Waals surface area (Å²) in [7, 11) is 0. The zero-order valence-electron chi connectivity index (χ0n) is 13.9. The second kappa shape index (κ2) is 6.75. The summed E-state index contributed by atoms with van der Waals surface area (Å²) in [6, 6.07) is 6.35. The third kappa shape index (κ3) is 3.58. The third-order valence-corrected chi connectivity index (χ3v) is 4.80. The van der Waals surface area contributed by atoms with Gasteiger partial charge in [0.1, 0.15) is 5.75 Å². The van der Waals surface area contributed by atoms with Crippen molar-refractivity contribution < 1.29 is 14.6 Å². The van der Waals surface area contributed by atoms with Gasteiger partial charge >= 0.3 is 5.97 Å². The Bertz CT molecular complexity index is 617. The number of nitrogens with zero attached hydrogens (tertiary/aromatic N) is 1. The van der Waals surface area contributed by atoms with Crippen LogP contribution in [0.1, 0.15) is 31.4 Å². The third-order valence-electron chi connectivity index (χ3n) is 4.80. The molecule has 3 rings (SSSR count). The Morgan fingerprint density at radius 2 is 2.17 bits per heavy atom. The molecule has 1 fully saturated rings. The molecule has 1 aliphatic heterocycles. The van der Waals surface area contributed by atoms with Crippen LogP contribution in [0.5, 0.6) is 5.75 Å². The maximum absolute atomic E-state index is 10.9. The fraction of sp³-hybridized carbons (Fsp3) is 0.526. The van der Waals surface area contributed by atoms with Gasteiger partial charge in [-0.1, -0.05) is 31.6 Å².